The summed E-state index contributed by atoms with van der Waals surface area (Å²) in [5.41, 5.74) is 0. The summed E-state index contributed by atoms with van der Waals surface area (Å²) in [5, 5.41) is 43.9. The van der Waals surface area contributed by atoms with Crippen LogP contribution < -0.4 is 5.32 Å². The summed E-state index contributed by atoms with van der Waals surface area (Å²) in [6.45, 7) is 4.06. The third kappa shape index (κ3) is 47.4. The van der Waals surface area contributed by atoms with E-state index in [9.17, 15) is 25.2 Å². The highest BCUT2D eigenvalue weighted by Gasteiger charge is 2.28. The maximum Gasteiger partial charge on any atom is 0.249 e. The van der Waals surface area contributed by atoms with E-state index < -0.39 is 36.9 Å². The highest BCUT2D eigenvalue weighted by Crippen LogP contribution is 2.18. The highest BCUT2D eigenvalue weighted by atomic mass is 16.3. The Morgan fingerprint density at radius 1 is 0.369 bits per heavy atom. The lowest BCUT2D eigenvalue weighted by molar-refractivity contribution is -0.132. The zero-order chi connectivity index (χ0) is 47.4. The molecule has 0 aromatic heterocycles. The Hall–Kier alpha value is -1.47. The maximum absolute atomic E-state index is 12.6. The molecule has 4 atom stereocenters. The number of amides is 1. The lowest BCUT2D eigenvalue weighted by Gasteiger charge is -2.27. The number of hydrogen-bond acceptors (Lipinski definition) is 5. The molecule has 0 aromatic rings. The molecular weight excluding hydrogens is 803 g/mol. The standard InChI is InChI=1S/C59H113NO5/c1-3-5-7-9-11-13-15-17-19-21-23-24-25-26-27-28-29-30-31-32-33-35-37-39-41-43-45-47-49-51-53-57(63)59(65)60-55(54-61)58(64)56(62)52-50-48-46-44-42-40-38-36-34-22-20-18-16-14-12-10-8-6-4-2/h18,20,36,38,44,46,55-58,61-64H,3-17,19,21-35,37,39-43,45,47-54H2,1-2H3,(H,60,65)/b20-18+,38-36+,46-44+. The summed E-state index contributed by atoms with van der Waals surface area (Å²) >= 11 is 0. The molecule has 0 radical (unpaired) electrons. The van der Waals surface area contributed by atoms with E-state index in [2.05, 4.69) is 55.6 Å². The molecule has 6 nitrogen and oxygen atoms in total. The average Bonchev–Trinajstić information content (AvgIpc) is 3.31. The van der Waals surface area contributed by atoms with E-state index in [1.54, 1.807) is 0 Å². The van der Waals surface area contributed by atoms with Crippen molar-refractivity contribution < 1.29 is 25.2 Å². The number of aliphatic hydroxyl groups excluding tert-OH is 4. The van der Waals surface area contributed by atoms with Gasteiger partial charge in [0.1, 0.15) is 12.2 Å². The van der Waals surface area contributed by atoms with E-state index >= 15 is 0 Å². The molecule has 5 N–H and O–H groups in total. The first-order chi connectivity index (χ1) is 32.0. The Bertz CT molecular complexity index is 1030. The van der Waals surface area contributed by atoms with Gasteiger partial charge in [-0.2, -0.15) is 0 Å². The Balaban J connectivity index is 3.62. The van der Waals surface area contributed by atoms with Gasteiger partial charge in [-0.3, -0.25) is 4.79 Å². The van der Waals surface area contributed by atoms with Crippen molar-refractivity contribution >= 4 is 5.91 Å². The molecule has 0 saturated carbocycles. The van der Waals surface area contributed by atoms with Gasteiger partial charge in [0, 0.05) is 0 Å². The van der Waals surface area contributed by atoms with Gasteiger partial charge in [-0.25, -0.2) is 0 Å². The quantitative estimate of drug-likeness (QED) is 0.0308. The van der Waals surface area contributed by atoms with Crippen LogP contribution in [0.4, 0.5) is 0 Å². The number of unbranched alkanes of at least 4 members (excludes halogenated alkanes) is 38. The molecule has 0 aliphatic rings. The number of nitrogens with one attached hydrogen (secondary N) is 1. The Kier molecular flexibility index (Phi) is 52.3. The molecule has 4 unspecified atom stereocenters. The van der Waals surface area contributed by atoms with Gasteiger partial charge in [0.05, 0.1) is 18.8 Å². The summed E-state index contributed by atoms with van der Waals surface area (Å²) in [6, 6.07) is -1.01. The normalized spacial score (nSPS) is 14.0. The van der Waals surface area contributed by atoms with Crippen LogP contribution in [0.5, 0.6) is 0 Å². The molecule has 0 fully saturated rings. The third-order valence-electron chi connectivity index (χ3n) is 13.6. The first-order valence-electron chi connectivity index (χ1n) is 28.9. The number of allylic oxidation sites excluding steroid dienone is 6. The van der Waals surface area contributed by atoms with Gasteiger partial charge in [-0.15, -0.1) is 0 Å². The smallest absolute Gasteiger partial charge is 0.249 e. The average molecular weight is 917 g/mol. The largest absolute Gasteiger partial charge is 0.394 e. The third-order valence-corrected chi connectivity index (χ3v) is 13.6. The van der Waals surface area contributed by atoms with Gasteiger partial charge in [-0.1, -0.05) is 275 Å². The molecule has 0 spiro atoms. The monoisotopic (exact) mass is 916 g/mol. The van der Waals surface area contributed by atoms with Crippen LogP contribution in [0.25, 0.3) is 0 Å². The molecule has 384 valence electrons. The van der Waals surface area contributed by atoms with Crippen LogP contribution in [-0.4, -0.2) is 57.3 Å². The molecule has 1 amide bonds. The van der Waals surface area contributed by atoms with Gasteiger partial charge in [-0.05, 0) is 64.2 Å². The van der Waals surface area contributed by atoms with Gasteiger partial charge in [0.25, 0.3) is 0 Å². The van der Waals surface area contributed by atoms with E-state index in [0.717, 1.165) is 51.4 Å². The zero-order valence-electron chi connectivity index (χ0n) is 43.5. The van der Waals surface area contributed by atoms with Crippen molar-refractivity contribution in [2.45, 2.75) is 327 Å². The van der Waals surface area contributed by atoms with Crippen molar-refractivity contribution in [1.82, 2.24) is 5.32 Å². The van der Waals surface area contributed by atoms with E-state index in [1.807, 2.05) is 0 Å². The van der Waals surface area contributed by atoms with E-state index in [-0.39, 0.29) is 0 Å². The Morgan fingerprint density at radius 2 is 0.646 bits per heavy atom. The van der Waals surface area contributed by atoms with E-state index in [4.69, 9.17) is 0 Å². The summed E-state index contributed by atoms with van der Waals surface area (Å²) < 4.78 is 0. The minimum atomic E-state index is -1.29. The van der Waals surface area contributed by atoms with Crippen LogP contribution >= 0.6 is 0 Å². The molecule has 0 rings (SSSR count). The number of carbonyl (C=O) groups is 1. The second-order valence-corrected chi connectivity index (χ2v) is 20.0. The fourth-order valence-electron chi connectivity index (χ4n) is 9.03. The lowest BCUT2D eigenvalue weighted by Crippen LogP contribution is -2.53. The van der Waals surface area contributed by atoms with E-state index in [0.29, 0.717) is 19.3 Å². The fourth-order valence-corrected chi connectivity index (χ4v) is 9.03. The lowest BCUT2D eigenvalue weighted by atomic mass is 10.00. The topological polar surface area (TPSA) is 110 Å². The zero-order valence-corrected chi connectivity index (χ0v) is 43.5. The Labute approximate surface area is 405 Å². The molecule has 65 heavy (non-hydrogen) atoms. The van der Waals surface area contributed by atoms with Crippen LogP contribution in [-0.2, 0) is 4.79 Å². The van der Waals surface area contributed by atoms with Crippen LogP contribution in [0.1, 0.15) is 303 Å². The number of aliphatic hydroxyl groups is 4. The SMILES string of the molecule is CCCCCCCC/C=C/CC/C=C/CC/C=C/CCCC(O)C(O)C(CO)NC(=O)C(O)CCCCCCCCCCCCCCCCCCCCCCCCCCCCCCCC. The van der Waals surface area contributed by atoms with Crippen molar-refractivity contribution in [2.24, 2.45) is 0 Å². The summed E-state index contributed by atoms with van der Waals surface area (Å²) in [5.74, 6) is -0.595. The maximum atomic E-state index is 12.6. The van der Waals surface area contributed by atoms with Crippen molar-refractivity contribution in [3.8, 4) is 0 Å². The highest BCUT2D eigenvalue weighted by molar-refractivity contribution is 5.80. The molecular formula is C59H113NO5. The van der Waals surface area contributed by atoms with Crippen molar-refractivity contribution in [3.05, 3.63) is 36.5 Å². The fraction of sp³-hybridized carbons (Fsp3) is 0.881. The van der Waals surface area contributed by atoms with Gasteiger partial charge in [0.2, 0.25) is 5.91 Å². The first-order valence-corrected chi connectivity index (χ1v) is 28.9. The predicted octanol–water partition coefficient (Wildman–Crippen LogP) is 16.8. The summed E-state index contributed by atoms with van der Waals surface area (Å²) in [7, 11) is 0. The number of hydrogen-bond donors (Lipinski definition) is 5. The van der Waals surface area contributed by atoms with Gasteiger partial charge >= 0.3 is 0 Å². The van der Waals surface area contributed by atoms with Crippen molar-refractivity contribution in [3.63, 3.8) is 0 Å². The van der Waals surface area contributed by atoms with Crippen LogP contribution in [0.2, 0.25) is 0 Å². The van der Waals surface area contributed by atoms with Crippen LogP contribution in [0.15, 0.2) is 36.5 Å². The Morgan fingerprint density at radius 3 is 0.969 bits per heavy atom. The van der Waals surface area contributed by atoms with Crippen LogP contribution in [0, 0.1) is 0 Å². The summed E-state index contributed by atoms with van der Waals surface area (Å²) in [4.78, 5) is 12.6. The first kappa shape index (κ1) is 63.5. The van der Waals surface area contributed by atoms with Gasteiger partial charge < -0.3 is 25.7 Å². The predicted molar refractivity (Wildman–Crippen MR) is 284 cm³/mol. The second kappa shape index (κ2) is 53.5. The molecule has 0 bridgehead atoms. The van der Waals surface area contributed by atoms with E-state index in [1.165, 1.54) is 218 Å². The summed E-state index contributed by atoms with van der Waals surface area (Å²) in [6.07, 6.45) is 66.5. The number of rotatable bonds is 53. The minimum Gasteiger partial charge on any atom is -0.394 e. The molecule has 0 aliphatic heterocycles. The van der Waals surface area contributed by atoms with Crippen molar-refractivity contribution in [2.75, 3.05) is 6.61 Å². The van der Waals surface area contributed by atoms with Crippen molar-refractivity contribution in [1.29, 1.82) is 0 Å². The van der Waals surface area contributed by atoms with Crippen LogP contribution in [0.3, 0.4) is 0 Å². The number of carbonyl (C=O) groups excluding carboxylic acids is 1. The second-order valence-electron chi connectivity index (χ2n) is 20.0. The molecule has 0 aliphatic carbocycles. The molecule has 6 heteroatoms. The minimum absolute atomic E-state index is 0.362. The molecule has 0 heterocycles. The molecule has 0 saturated heterocycles. The van der Waals surface area contributed by atoms with Gasteiger partial charge in [0.15, 0.2) is 0 Å². The molecule has 0 aromatic carbocycles.